The normalized spacial score (nSPS) is 10.4. The Kier molecular flexibility index (Phi) is 3.74. The fourth-order valence-corrected chi connectivity index (χ4v) is 2.25. The molecule has 0 atom stereocenters. The molecule has 0 radical (unpaired) electrons. The molecule has 0 aliphatic rings. The lowest BCUT2D eigenvalue weighted by Gasteiger charge is -2.12. The van der Waals surface area contributed by atoms with E-state index in [1.165, 1.54) is 0 Å². The van der Waals surface area contributed by atoms with E-state index in [2.05, 4.69) is 0 Å². The van der Waals surface area contributed by atoms with Gasteiger partial charge in [0.2, 0.25) is 0 Å². The summed E-state index contributed by atoms with van der Waals surface area (Å²) in [6.07, 6.45) is 0. The van der Waals surface area contributed by atoms with E-state index in [-0.39, 0.29) is 0 Å². The molecule has 2 rings (SSSR count). The predicted octanol–water partition coefficient (Wildman–Crippen LogP) is 5.03. The van der Waals surface area contributed by atoms with Crippen molar-refractivity contribution in [2.24, 2.45) is 0 Å². The lowest BCUT2D eigenvalue weighted by atomic mass is 9.95. The molecule has 1 N–H and O–H groups in total. The minimum absolute atomic E-state index is 0.454. The quantitative estimate of drug-likeness (QED) is 0.745. The SMILES string of the molecule is Cc1c(Cl)cccc1C(=N)c1cccc(Cl)c1C. The molecule has 0 aliphatic carbocycles. The fourth-order valence-electron chi connectivity index (χ4n) is 1.90. The fraction of sp³-hybridized carbons (Fsp3) is 0.133. The molecule has 0 spiro atoms. The molecule has 18 heavy (non-hydrogen) atoms. The highest BCUT2D eigenvalue weighted by Gasteiger charge is 2.12. The third-order valence-electron chi connectivity index (χ3n) is 3.07. The number of rotatable bonds is 2. The Morgan fingerprint density at radius 2 is 1.22 bits per heavy atom. The maximum Gasteiger partial charge on any atom is 0.0690 e. The van der Waals surface area contributed by atoms with Gasteiger partial charge in [-0.05, 0) is 37.1 Å². The first-order valence-corrected chi connectivity index (χ1v) is 6.37. The van der Waals surface area contributed by atoms with Crippen molar-refractivity contribution in [1.82, 2.24) is 0 Å². The van der Waals surface area contributed by atoms with Crippen LogP contribution in [0.25, 0.3) is 0 Å². The molecule has 0 saturated carbocycles. The van der Waals surface area contributed by atoms with Gasteiger partial charge in [-0.15, -0.1) is 0 Å². The van der Waals surface area contributed by atoms with Crippen LogP contribution in [0.3, 0.4) is 0 Å². The maximum absolute atomic E-state index is 8.33. The lowest BCUT2D eigenvalue weighted by Crippen LogP contribution is -2.06. The van der Waals surface area contributed by atoms with Gasteiger partial charge in [-0.2, -0.15) is 0 Å². The van der Waals surface area contributed by atoms with Crippen LogP contribution in [0, 0.1) is 19.3 Å². The summed E-state index contributed by atoms with van der Waals surface area (Å²) in [6, 6.07) is 11.2. The molecule has 3 heteroatoms. The summed E-state index contributed by atoms with van der Waals surface area (Å²) in [6.45, 7) is 3.85. The third kappa shape index (κ3) is 2.29. The van der Waals surface area contributed by atoms with Crippen LogP contribution in [0.2, 0.25) is 10.0 Å². The predicted molar refractivity (Wildman–Crippen MR) is 78.3 cm³/mol. The average molecular weight is 278 g/mol. The molecule has 0 unspecified atom stereocenters. The summed E-state index contributed by atoms with van der Waals surface area (Å²) in [4.78, 5) is 0. The highest BCUT2D eigenvalue weighted by atomic mass is 35.5. The maximum atomic E-state index is 8.33. The molecular weight excluding hydrogens is 265 g/mol. The van der Waals surface area contributed by atoms with Gasteiger partial charge in [-0.3, -0.25) is 5.41 Å². The molecule has 0 aromatic heterocycles. The van der Waals surface area contributed by atoms with Gasteiger partial charge in [-0.25, -0.2) is 0 Å². The second-order valence-corrected chi connectivity index (χ2v) is 5.01. The third-order valence-corrected chi connectivity index (χ3v) is 3.89. The van der Waals surface area contributed by atoms with E-state index in [0.717, 1.165) is 22.3 Å². The molecule has 0 saturated heterocycles. The summed E-state index contributed by atoms with van der Waals surface area (Å²) in [5.41, 5.74) is 3.97. The zero-order valence-corrected chi connectivity index (χ0v) is 11.7. The van der Waals surface area contributed by atoms with Gasteiger partial charge in [0, 0.05) is 21.2 Å². The Labute approximate surface area is 117 Å². The van der Waals surface area contributed by atoms with Gasteiger partial charge < -0.3 is 0 Å². The number of hydrogen-bond donors (Lipinski definition) is 1. The van der Waals surface area contributed by atoms with E-state index < -0.39 is 0 Å². The van der Waals surface area contributed by atoms with E-state index in [9.17, 15) is 0 Å². The molecule has 0 bridgehead atoms. The van der Waals surface area contributed by atoms with E-state index in [1.807, 2.05) is 50.2 Å². The molecule has 1 nitrogen and oxygen atoms in total. The van der Waals surface area contributed by atoms with Crippen LogP contribution in [0.4, 0.5) is 0 Å². The van der Waals surface area contributed by atoms with Crippen molar-refractivity contribution < 1.29 is 0 Å². The zero-order valence-electron chi connectivity index (χ0n) is 10.2. The van der Waals surface area contributed by atoms with Crippen LogP contribution < -0.4 is 0 Å². The second kappa shape index (κ2) is 5.13. The lowest BCUT2D eigenvalue weighted by molar-refractivity contribution is 1.36. The Morgan fingerprint density at radius 1 is 0.833 bits per heavy atom. The van der Waals surface area contributed by atoms with Gasteiger partial charge >= 0.3 is 0 Å². The van der Waals surface area contributed by atoms with Crippen LogP contribution in [0.5, 0.6) is 0 Å². The van der Waals surface area contributed by atoms with E-state index in [1.54, 1.807) is 0 Å². The summed E-state index contributed by atoms with van der Waals surface area (Å²) in [5, 5.41) is 9.68. The van der Waals surface area contributed by atoms with Crippen molar-refractivity contribution in [3.63, 3.8) is 0 Å². The van der Waals surface area contributed by atoms with Crippen LogP contribution in [0.15, 0.2) is 36.4 Å². The summed E-state index contributed by atoms with van der Waals surface area (Å²) < 4.78 is 0. The molecule has 0 amide bonds. The Hall–Kier alpha value is -1.31. The summed E-state index contributed by atoms with van der Waals surface area (Å²) in [7, 11) is 0. The first kappa shape index (κ1) is 13.1. The molecule has 0 heterocycles. The van der Waals surface area contributed by atoms with Gasteiger partial charge in [0.25, 0.3) is 0 Å². The molecule has 0 aliphatic heterocycles. The first-order chi connectivity index (χ1) is 8.52. The molecule has 2 aromatic carbocycles. The van der Waals surface area contributed by atoms with Crippen molar-refractivity contribution in [2.45, 2.75) is 13.8 Å². The van der Waals surface area contributed by atoms with Crippen molar-refractivity contribution in [2.75, 3.05) is 0 Å². The highest BCUT2D eigenvalue weighted by Crippen LogP contribution is 2.25. The van der Waals surface area contributed by atoms with Crippen molar-refractivity contribution in [3.05, 3.63) is 68.7 Å². The van der Waals surface area contributed by atoms with Gasteiger partial charge in [-0.1, -0.05) is 47.5 Å². The van der Waals surface area contributed by atoms with Gasteiger partial charge in [0.15, 0.2) is 0 Å². The van der Waals surface area contributed by atoms with Crippen LogP contribution in [-0.4, -0.2) is 5.71 Å². The van der Waals surface area contributed by atoms with E-state index in [0.29, 0.717) is 15.8 Å². The van der Waals surface area contributed by atoms with E-state index >= 15 is 0 Å². The minimum Gasteiger partial charge on any atom is -0.300 e. The van der Waals surface area contributed by atoms with Crippen molar-refractivity contribution in [1.29, 1.82) is 5.41 Å². The Bertz CT molecular complexity index is 564. The molecule has 92 valence electrons. The number of hydrogen-bond acceptors (Lipinski definition) is 1. The summed E-state index contributed by atoms with van der Waals surface area (Å²) in [5.74, 6) is 0. The number of halogens is 2. The standard InChI is InChI=1S/C15H13Cl2N/c1-9-11(5-3-7-13(9)16)15(18)12-6-4-8-14(17)10(12)2/h3-8,18H,1-2H3. The average Bonchev–Trinajstić information content (AvgIpc) is 2.35. The second-order valence-electron chi connectivity index (χ2n) is 4.20. The molecule has 0 fully saturated rings. The van der Waals surface area contributed by atoms with Gasteiger partial charge in [0.1, 0.15) is 0 Å². The van der Waals surface area contributed by atoms with Gasteiger partial charge in [0.05, 0.1) is 5.71 Å². The molecular formula is C15H13Cl2N. The van der Waals surface area contributed by atoms with Crippen LogP contribution >= 0.6 is 23.2 Å². The first-order valence-electron chi connectivity index (χ1n) is 5.62. The van der Waals surface area contributed by atoms with E-state index in [4.69, 9.17) is 28.6 Å². The zero-order chi connectivity index (χ0) is 13.3. The van der Waals surface area contributed by atoms with Crippen LogP contribution in [-0.2, 0) is 0 Å². The van der Waals surface area contributed by atoms with Crippen molar-refractivity contribution >= 4 is 28.9 Å². The Morgan fingerprint density at radius 3 is 1.61 bits per heavy atom. The Balaban J connectivity index is 2.55. The molecule has 2 aromatic rings. The number of nitrogens with one attached hydrogen (secondary N) is 1. The monoisotopic (exact) mass is 277 g/mol. The smallest absolute Gasteiger partial charge is 0.0690 e. The number of benzene rings is 2. The summed E-state index contributed by atoms with van der Waals surface area (Å²) >= 11 is 12.2. The van der Waals surface area contributed by atoms with Crippen molar-refractivity contribution in [3.8, 4) is 0 Å². The largest absolute Gasteiger partial charge is 0.300 e. The van der Waals surface area contributed by atoms with Crippen LogP contribution in [0.1, 0.15) is 22.3 Å². The topological polar surface area (TPSA) is 23.9 Å². The minimum atomic E-state index is 0.454. The highest BCUT2D eigenvalue weighted by molar-refractivity contribution is 6.33.